The molecule has 0 amide bonds. The molecule has 0 radical (unpaired) electrons. The molecule has 0 saturated carbocycles. The number of benzene rings is 7. The van der Waals surface area contributed by atoms with Crippen LogP contribution in [0, 0.1) is 0 Å². The summed E-state index contributed by atoms with van der Waals surface area (Å²) >= 11 is 22.7. The summed E-state index contributed by atoms with van der Waals surface area (Å²) in [6.45, 7) is 41.1. The maximum absolute atomic E-state index is 8.43. The summed E-state index contributed by atoms with van der Waals surface area (Å²) in [7, 11) is 0. The Labute approximate surface area is 474 Å². The molecular formula is C66H72BiCl4N3O2. The van der Waals surface area contributed by atoms with Crippen LogP contribution < -0.4 is 30.1 Å². The summed E-state index contributed by atoms with van der Waals surface area (Å²) in [5, 5.41) is 0.585. The van der Waals surface area contributed by atoms with Crippen LogP contribution in [0.1, 0.15) is 158 Å². The van der Waals surface area contributed by atoms with Crippen LogP contribution in [0.4, 0.5) is 51.2 Å². The molecule has 7 aromatic rings. The number of fused-ring (bicyclic) bond motifs is 1. The van der Waals surface area contributed by atoms with E-state index in [-0.39, 0.29) is 52.6 Å². The number of anilines is 9. The number of hydrogen-bond acceptors (Lipinski definition) is 5. The summed E-state index contributed by atoms with van der Waals surface area (Å²) in [4.78, 5) is 7.50. The first-order chi connectivity index (χ1) is 35.1. The van der Waals surface area contributed by atoms with E-state index in [1.807, 2.05) is 0 Å². The van der Waals surface area contributed by atoms with Gasteiger partial charge in [0.25, 0.3) is 0 Å². The van der Waals surface area contributed by atoms with E-state index in [1.165, 1.54) is 16.7 Å². The van der Waals surface area contributed by atoms with Gasteiger partial charge in [0.05, 0.1) is 0 Å². The number of hydrogen-bond donors (Lipinski definition) is 0. The van der Waals surface area contributed by atoms with Gasteiger partial charge in [0.15, 0.2) is 0 Å². The Bertz CT molecular complexity index is 3170. The van der Waals surface area contributed by atoms with Gasteiger partial charge in [-0.15, -0.1) is 0 Å². The van der Waals surface area contributed by atoms with E-state index in [9.17, 15) is 0 Å². The van der Waals surface area contributed by atoms with Crippen molar-refractivity contribution in [3.63, 3.8) is 0 Å². The Morgan fingerprint density at radius 3 is 0.671 bits per heavy atom. The third-order valence-electron chi connectivity index (χ3n) is 16.2. The molecule has 4 aliphatic heterocycles. The third-order valence-corrected chi connectivity index (χ3v) is 36.9. The molecule has 10 heteroatoms. The Hall–Kier alpha value is -4.42. The first-order valence-corrected chi connectivity index (χ1v) is 36.2. The van der Waals surface area contributed by atoms with Crippen molar-refractivity contribution in [3.8, 4) is 11.5 Å². The predicted molar refractivity (Wildman–Crippen MR) is 329 cm³/mol. The molecule has 5 nitrogen and oxygen atoms in total. The van der Waals surface area contributed by atoms with Crippen LogP contribution in [0.2, 0.25) is 20.1 Å². The Kier molecular flexibility index (Phi) is 11.9. The SMILES string of the molecule is CC(C)(C)c1ccc(N2c3cc(C(C)(C)C)cc4[c]3[Bi]35([O]c6c(Cl)c(Cl)c(Cl)c(Cl)c6[O]3)[c]3c2cc(C(C)(C)C)cc3N(c2ccc(C(C)(C)C)cc2)c2cc(C(C)(C)C)cc([c]25)N4c2ccc(C(C)(C)C)cc2)cc1. The van der Waals surface area contributed by atoms with Gasteiger partial charge in [-0.1, -0.05) is 0 Å². The molecule has 0 atom stereocenters. The normalized spacial score (nSPS) is 16.7. The van der Waals surface area contributed by atoms with Crippen molar-refractivity contribution in [2.45, 2.75) is 157 Å². The molecule has 11 rings (SSSR count). The summed E-state index contributed by atoms with van der Waals surface area (Å²) in [6, 6.07) is 41.9. The van der Waals surface area contributed by atoms with E-state index in [4.69, 9.17) is 52.0 Å². The van der Waals surface area contributed by atoms with Crippen molar-refractivity contribution in [1.82, 2.24) is 0 Å². The van der Waals surface area contributed by atoms with E-state index in [1.54, 1.807) is 0 Å². The minimum atomic E-state index is -6.70. The van der Waals surface area contributed by atoms with Crippen LogP contribution in [0.25, 0.3) is 0 Å². The van der Waals surface area contributed by atoms with Gasteiger partial charge in [-0.05, 0) is 0 Å². The minimum absolute atomic E-state index is 0.0711. The van der Waals surface area contributed by atoms with E-state index in [0.29, 0.717) is 11.5 Å². The molecule has 0 N–H and O–H groups in total. The zero-order chi connectivity index (χ0) is 55.2. The Morgan fingerprint density at radius 2 is 0.487 bits per heavy atom. The van der Waals surface area contributed by atoms with Gasteiger partial charge in [0.1, 0.15) is 0 Å². The molecule has 4 heterocycles. The second-order valence-corrected chi connectivity index (χ2v) is 43.4. The summed E-state index contributed by atoms with van der Waals surface area (Å²) in [6.07, 6.45) is 0. The second-order valence-electron chi connectivity index (χ2n) is 27.8. The predicted octanol–water partition coefficient (Wildman–Crippen LogP) is 19.3. The van der Waals surface area contributed by atoms with Gasteiger partial charge in [-0.2, -0.15) is 0 Å². The number of halogens is 4. The van der Waals surface area contributed by atoms with Crippen molar-refractivity contribution in [3.05, 3.63) is 163 Å². The van der Waals surface area contributed by atoms with Gasteiger partial charge in [0, 0.05) is 0 Å². The van der Waals surface area contributed by atoms with Crippen LogP contribution in [-0.2, 0) is 32.5 Å². The first-order valence-electron chi connectivity index (χ1n) is 26.6. The summed E-state index contributed by atoms with van der Waals surface area (Å²) < 4.78 is 19.8. The fraction of sp³-hybridized carbons (Fsp3) is 0.364. The molecule has 0 aliphatic carbocycles. The van der Waals surface area contributed by atoms with Crippen LogP contribution in [0.15, 0.2) is 109 Å². The Morgan fingerprint density at radius 1 is 0.289 bits per heavy atom. The maximum atomic E-state index is 8.43. The monoisotopic (exact) mass is 1290 g/mol. The van der Waals surface area contributed by atoms with Crippen LogP contribution in [0.3, 0.4) is 0 Å². The Balaban J connectivity index is 1.44. The van der Waals surface area contributed by atoms with Gasteiger partial charge in [-0.25, -0.2) is 0 Å². The molecule has 76 heavy (non-hydrogen) atoms. The fourth-order valence-electron chi connectivity index (χ4n) is 11.7. The topological polar surface area (TPSA) is 28.2 Å². The molecule has 0 unspecified atom stereocenters. The van der Waals surface area contributed by atoms with Crippen LogP contribution >= 0.6 is 46.4 Å². The average molecular weight is 1290 g/mol. The molecular weight excluding hydrogens is 1220 g/mol. The van der Waals surface area contributed by atoms with Crippen molar-refractivity contribution in [2.75, 3.05) is 14.7 Å². The first kappa shape index (κ1) is 53.6. The van der Waals surface area contributed by atoms with Crippen molar-refractivity contribution in [1.29, 1.82) is 0 Å². The van der Waals surface area contributed by atoms with E-state index in [0.717, 1.165) is 77.7 Å². The van der Waals surface area contributed by atoms with Crippen molar-refractivity contribution >= 4 is 127 Å². The molecule has 0 aromatic heterocycles. The molecule has 1 spiro atoms. The average Bonchev–Trinajstić information content (AvgIpc) is 2.81. The molecule has 7 aromatic carbocycles. The second kappa shape index (κ2) is 16.8. The van der Waals surface area contributed by atoms with Gasteiger partial charge in [0.2, 0.25) is 0 Å². The summed E-state index contributed by atoms with van der Waals surface area (Å²) in [5.41, 5.74) is 15.1. The van der Waals surface area contributed by atoms with Gasteiger partial charge >= 0.3 is 479 Å². The van der Waals surface area contributed by atoms with E-state index in [2.05, 4.69) is 249 Å². The van der Waals surface area contributed by atoms with Crippen molar-refractivity contribution in [2.24, 2.45) is 0 Å². The van der Waals surface area contributed by atoms with Gasteiger partial charge in [-0.3, -0.25) is 0 Å². The van der Waals surface area contributed by atoms with E-state index < -0.39 is 19.7 Å². The van der Waals surface area contributed by atoms with Crippen molar-refractivity contribution < 1.29 is 5.63 Å². The number of rotatable bonds is 3. The quantitative estimate of drug-likeness (QED) is 0.0999. The zero-order valence-electron chi connectivity index (χ0n) is 47.5. The molecule has 0 bridgehead atoms. The zero-order valence-corrected chi connectivity index (χ0v) is 54.0. The molecule has 0 saturated heterocycles. The van der Waals surface area contributed by atoms with Crippen LogP contribution in [-0.4, -0.2) is 19.7 Å². The van der Waals surface area contributed by atoms with Gasteiger partial charge < -0.3 is 0 Å². The molecule has 396 valence electrons. The molecule has 4 aliphatic rings. The fourth-order valence-corrected chi connectivity index (χ4v) is 35.5. The summed E-state index contributed by atoms with van der Waals surface area (Å²) in [5.74, 6) is 0.626. The van der Waals surface area contributed by atoms with E-state index >= 15 is 0 Å². The standard InChI is InChI=1S/C60H72N3.C6H2Cl4O2.Bi/c1-55(2,3)40-19-25-46(26-20-40)61-49-31-43(58(10,11)12)33-51(37-49)62(47-27-21-41(22-28-47)56(4,5)6)53-35-45(60(16,17)18)36-54(39-53)63(48-29-23-42(24-30-48)57(7,8)9)52-34-44(59(13,14)15)32-50(61)38-52;7-1-2(8)4(10)6(12)5(11)3(1)9;/h19-36H,1-18H3;11-12H;/q;;+2/p-2. The number of nitrogens with zero attached hydrogens (tertiary/aromatic N) is 3. The molecule has 0 fully saturated rings. The van der Waals surface area contributed by atoms with Crippen LogP contribution in [0.5, 0.6) is 11.5 Å². The third kappa shape index (κ3) is 7.74.